The summed E-state index contributed by atoms with van der Waals surface area (Å²) >= 11 is 0. The summed E-state index contributed by atoms with van der Waals surface area (Å²) < 4.78 is 0. The number of allylic oxidation sites excluding steroid dienone is 1. The van der Waals surface area contributed by atoms with Crippen molar-refractivity contribution in [2.75, 3.05) is 10.5 Å². The Hall–Kier alpha value is -2.12. The molecular formula is C19H21BN2. The molecule has 0 unspecified atom stereocenters. The third kappa shape index (κ3) is 2.22. The monoisotopic (exact) mass is 288 g/mol. The maximum atomic E-state index is 3.97. The summed E-state index contributed by atoms with van der Waals surface area (Å²) in [5, 5.41) is 9.88. The molecule has 2 N–H and O–H groups in total. The van der Waals surface area contributed by atoms with Crippen molar-refractivity contribution in [2.24, 2.45) is 5.92 Å². The number of benzene rings is 2. The Kier molecular flexibility index (Phi) is 3.44. The molecule has 0 spiro atoms. The first-order valence-electron chi connectivity index (χ1n) is 8.31. The standard InChI is InChI=1S/C19H21BN2/c1-2-16(14-8-4-3-5-9-14)20-21-17-12-6-10-15-11-7-13-18(22-20)19(15)17/h6-7,10-14,21-22H,1,3-5,8-9H2. The van der Waals surface area contributed by atoms with Crippen LogP contribution in [0.25, 0.3) is 10.8 Å². The van der Waals surface area contributed by atoms with Crippen LogP contribution in [0.15, 0.2) is 54.2 Å². The molecule has 0 saturated heterocycles. The van der Waals surface area contributed by atoms with Crippen LogP contribution in [0.3, 0.4) is 0 Å². The zero-order chi connectivity index (χ0) is 14.9. The molecule has 110 valence electrons. The lowest BCUT2D eigenvalue weighted by Gasteiger charge is -2.32. The molecular weight excluding hydrogens is 267 g/mol. The Morgan fingerprint density at radius 1 is 1.00 bits per heavy atom. The smallest absolute Gasteiger partial charge is 0.405 e. The summed E-state index contributed by atoms with van der Waals surface area (Å²) in [5.74, 6) is 0.612. The molecule has 2 aromatic carbocycles. The quantitative estimate of drug-likeness (QED) is 0.600. The highest BCUT2D eigenvalue weighted by Gasteiger charge is 2.32. The number of rotatable bonds is 2. The van der Waals surface area contributed by atoms with Crippen molar-refractivity contribution in [2.45, 2.75) is 32.1 Å². The van der Waals surface area contributed by atoms with Gasteiger partial charge in [0.1, 0.15) is 0 Å². The van der Waals surface area contributed by atoms with Crippen molar-refractivity contribution in [3.8, 4) is 0 Å². The van der Waals surface area contributed by atoms with Gasteiger partial charge in [-0.25, -0.2) is 0 Å². The third-order valence-corrected chi connectivity index (χ3v) is 5.06. The van der Waals surface area contributed by atoms with Crippen LogP contribution in [-0.2, 0) is 0 Å². The molecule has 2 nitrogen and oxygen atoms in total. The summed E-state index contributed by atoms with van der Waals surface area (Å²) in [4.78, 5) is 0. The zero-order valence-electron chi connectivity index (χ0n) is 12.9. The Bertz CT molecular complexity index is 714. The fourth-order valence-corrected chi connectivity index (χ4v) is 3.98. The first-order chi connectivity index (χ1) is 10.9. The van der Waals surface area contributed by atoms with Crippen LogP contribution in [0.5, 0.6) is 0 Å². The van der Waals surface area contributed by atoms with Gasteiger partial charge in [0, 0.05) is 16.8 Å². The largest absolute Gasteiger partial charge is 0.410 e. The predicted octanol–water partition coefficient (Wildman–Crippen LogP) is 5.00. The van der Waals surface area contributed by atoms with Crippen molar-refractivity contribution in [3.05, 3.63) is 54.2 Å². The van der Waals surface area contributed by atoms with Gasteiger partial charge in [-0.15, -0.1) is 5.73 Å². The van der Waals surface area contributed by atoms with E-state index in [4.69, 9.17) is 0 Å². The highest BCUT2D eigenvalue weighted by atomic mass is 15.0. The summed E-state index contributed by atoms with van der Waals surface area (Å²) in [7, 11) is 0. The molecule has 0 amide bonds. The lowest BCUT2D eigenvalue weighted by molar-refractivity contribution is 0.413. The van der Waals surface area contributed by atoms with Crippen LogP contribution in [0.1, 0.15) is 32.1 Å². The maximum absolute atomic E-state index is 3.97. The average Bonchev–Trinajstić information content (AvgIpc) is 2.57. The zero-order valence-corrected chi connectivity index (χ0v) is 12.9. The fraction of sp³-hybridized carbons (Fsp3) is 0.316. The normalized spacial score (nSPS) is 17.5. The van der Waals surface area contributed by atoms with Crippen molar-refractivity contribution in [3.63, 3.8) is 0 Å². The number of anilines is 2. The number of nitrogens with one attached hydrogen (secondary N) is 2. The van der Waals surface area contributed by atoms with Crippen LogP contribution in [0.4, 0.5) is 11.4 Å². The van der Waals surface area contributed by atoms with E-state index in [1.165, 1.54) is 59.7 Å². The topological polar surface area (TPSA) is 24.1 Å². The molecule has 2 aromatic rings. The van der Waals surface area contributed by atoms with Crippen LogP contribution in [-0.4, -0.2) is 6.98 Å². The highest BCUT2D eigenvalue weighted by Crippen LogP contribution is 2.37. The number of hydrogen-bond donors (Lipinski definition) is 2. The molecule has 4 rings (SSSR count). The fourth-order valence-electron chi connectivity index (χ4n) is 3.98. The van der Waals surface area contributed by atoms with Crippen molar-refractivity contribution >= 4 is 29.1 Å². The lowest BCUT2D eigenvalue weighted by atomic mass is 9.58. The molecule has 1 fully saturated rings. The first kappa shape index (κ1) is 13.5. The molecule has 0 aromatic heterocycles. The van der Waals surface area contributed by atoms with Crippen LogP contribution in [0.2, 0.25) is 0 Å². The van der Waals surface area contributed by atoms with Crippen LogP contribution >= 0.6 is 0 Å². The van der Waals surface area contributed by atoms with E-state index in [0.29, 0.717) is 5.92 Å². The summed E-state index contributed by atoms with van der Waals surface area (Å²) in [6, 6.07) is 12.9. The van der Waals surface area contributed by atoms with Crippen molar-refractivity contribution < 1.29 is 0 Å². The molecule has 0 atom stereocenters. The molecule has 0 radical (unpaired) electrons. The van der Waals surface area contributed by atoms with E-state index in [-0.39, 0.29) is 6.98 Å². The van der Waals surface area contributed by atoms with Gasteiger partial charge in [-0.05, 0) is 41.8 Å². The van der Waals surface area contributed by atoms with Crippen molar-refractivity contribution in [1.29, 1.82) is 0 Å². The Morgan fingerprint density at radius 2 is 1.64 bits per heavy atom. The molecule has 1 heterocycles. The second-order valence-electron chi connectivity index (χ2n) is 6.40. The van der Waals surface area contributed by atoms with E-state index >= 15 is 0 Å². The van der Waals surface area contributed by atoms with Gasteiger partial charge in [-0.3, -0.25) is 0 Å². The van der Waals surface area contributed by atoms with Gasteiger partial charge in [0.05, 0.1) is 0 Å². The van der Waals surface area contributed by atoms with Gasteiger partial charge in [0.15, 0.2) is 0 Å². The Labute approximate surface area is 132 Å². The number of hydrogen-bond acceptors (Lipinski definition) is 2. The maximum Gasteiger partial charge on any atom is 0.410 e. The Morgan fingerprint density at radius 3 is 2.23 bits per heavy atom. The minimum atomic E-state index is 0.112. The predicted molar refractivity (Wildman–Crippen MR) is 96.2 cm³/mol. The second kappa shape index (κ2) is 5.59. The van der Waals surface area contributed by atoms with E-state index < -0.39 is 0 Å². The van der Waals surface area contributed by atoms with Crippen molar-refractivity contribution in [1.82, 2.24) is 0 Å². The van der Waals surface area contributed by atoms with E-state index in [1.807, 2.05) is 0 Å². The van der Waals surface area contributed by atoms with Gasteiger partial charge in [0.25, 0.3) is 0 Å². The van der Waals surface area contributed by atoms with Gasteiger partial charge in [-0.2, -0.15) is 0 Å². The minimum absolute atomic E-state index is 0.112. The summed E-state index contributed by atoms with van der Waals surface area (Å²) in [6.07, 6.45) is 6.56. The Balaban J connectivity index is 1.70. The van der Waals surface area contributed by atoms with Gasteiger partial charge in [-0.1, -0.05) is 50.1 Å². The van der Waals surface area contributed by atoms with Gasteiger partial charge < -0.3 is 10.5 Å². The molecule has 1 aliphatic carbocycles. The molecule has 0 bridgehead atoms. The SMILES string of the molecule is C=C=C(B1Nc2cccc3cccc(c23)N1)C1CCCCC1. The molecule has 22 heavy (non-hydrogen) atoms. The second-order valence-corrected chi connectivity index (χ2v) is 6.40. The van der Waals surface area contributed by atoms with E-state index in [1.54, 1.807) is 0 Å². The minimum Gasteiger partial charge on any atom is -0.405 e. The molecule has 1 saturated carbocycles. The first-order valence-corrected chi connectivity index (χ1v) is 8.31. The van der Waals surface area contributed by atoms with Crippen LogP contribution in [0, 0.1) is 5.92 Å². The van der Waals surface area contributed by atoms with E-state index in [0.717, 1.165) is 0 Å². The summed E-state index contributed by atoms with van der Waals surface area (Å²) in [6.45, 7) is 4.09. The molecule has 1 aliphatic heterocycles. The molecule has 2 aliphatic rings. The molecule has 3 heteroatoms. The third-order valence-electron chi connectivity index (χ3n) is 5.06. The summed E-state index contributed by atoms with van der Waals surface area (Å²) in [5.41, 5.74) is 6.96. The van der Waals surface area contributed by atoms with Crippen LogP contribution < -0.4 is 10.5 Å². The van der Waals surface area contributed by atoms with E-state index in [2.05, 4.69) is 59.2 Å². The highest BCUT2D eigenvalue weighted by molar-refractivity contribution is 6.74. The van der Waals surface area contributed by atoms with Gasteiger partial charge in [0.2, 0.25) is 0 Å². The van der Waals surface area contributed by atoms with Gasteiger partial charge >= 0.3 is 6.98 Å². The van der Waals surface area contributed by atoms with E-state index in [9.17, 15) is 0 Å². The average molecular weight is 288 g/mol. The lowest BCUT2D eigenvalue weighted by Crippen LogP contribution is -2.41.